The Morgan fingerprint density at radius 3 is 2.46 bits per heavy atom. The van der Waals surface area contributed by atoms with E-state index in [0.29, 0.717) is 17.1 Å². The lowest BCUT2D eigenvalue weighted by atomic mass is 10.2. The predicted molar refractivity (Wildman–Crippen MR) is 90.6 cm³/mol. The summed E-state index contributed by atoms with van der Waals surface area (Å²) in [5.74, 6) is -0.538. The Labute approximate surface area is 150 Å². The van der Waals surface area contributed by atoms with Gasteiger partial charge in [-0.1, -0.05) is 6.08 Å². The van der Waals surface area contributed by atoms with Crippen LogP contribution in [0, 0.1) is 17.2 Å². The number of ether oxygens (including phenoxy) is 1. The highest BCUT2D eigenvalue weighted by molar-refractivity contribution is 5.68. The Balaban J connectivity index is 2.98. The molecule has 0 saturated heterocycles. The predicted octanol–water partition coefficient (Wildman–Crippen LogP) is 3.44. The van der Waals surface area contributed by atoms with Gasteiger partial charge in [0, 0.05) is 12.6 Å². The van der Waals surface area contributed by atoms with Crippen molar-refractivity contribution >= 4 is 11.6 Å². The summed E-state index contributed by atoms with van der Waals surface area (Å²) in [6, 6.07) is 7.20. The van der Waals surface area contributed by atoms with Crippen LogP contribution in [-0.4, -0.2) is 12.3 Å². The molecule has 0 radical (unpaired) electrons. The van der Waals surface area contributed by atoms with Crippen LogP contribution in [0.2, 0.25) is 0 Å². The van der Waals surface area contributed by atoms with Gasteiger partial charge in [0.25, 0.3) is 0 Å². The van der Waals surface area contributed by atoms with Crippen LogP contribution < -0.4 is 15.4 Å². The highest BCUT2D eigenvalue weighted by Crippen LogP contribution is 2.24. The molecule has 1 aromatic carbocycles. The zero-order valence-corrected chi connectivity index (χ0v) is 14.7. The Morgan fingerprint density at radius 2 is 1.96 bits per heavy atom. The van der Waals surface area contributed by atoms with Crippen LogP contribution >= 0.6 is 0 Å². The molecule has 1 rings (SSSR count). The Bertz CT molecular complexity index is 715. The van der Waals surface area contributed by atoms with Crippen molar-refractivity contribution < 1.29 is 28.0 Å². The van der Waals surface area contributed by atoms with E-state index in [9.17, 15) is 18.0 Å². The Hall–Kier alpha value is -2.79. The fourth-order valence-electron chi connectivity index (χ4n) is 1.85. The normalized spacial score (nSPS) is 12.7. The molecule has 8 heteroatoms. The highest BCUT2D eigenvalue weighted by Gasteiger charge is 2.30. The molecule has 0 aliphatic heterocycles. The minimum absolute atomic E-state index is 0.0515. The number of carbonyl (C=O) groups excluding carboxylic acids is 1. The number of hydrogen-bond acceptors (Lipinski definition) is 4. The third-order valence-electron chi connectivity index (χ3n) is 3.21. The summed E-state index contributed by atoms with van der Waals surface area (Å²) in [7, 11) is 0. The average molecular weight is 368 g/mol. The van der Waals surface area contributed by atoms with Crippen molar-refractivity contribution in [1.82, 2.24) is 0 Å². The Kier molecular flexibility index (Phi) is 7.87. The van der Waals surface area contributed by atoms with Crippen LogP contribution in [0.4, 0.5) is 18.9 Å². The van der Waals surface area contributed by atoms with Crippen LogP contribution in [0.25, 0.3) is 0 Å². The van der Waals surface area contributed by atoms with Gasteiger partial charge in [-0.15, -0.1) is 13.2 Å². The second-order valence-electron chi connectivity index (χ2n) is 5.76. The molecular weight excluding hydrogens is 347 g/mol. The quantitative estimate of drug-likeness (QED) is 0.723. The van der Waals surface area contributed by atoms with Gasteiger partial charge in [0.15, 0.2) is 0 Å². The molecule has 0 aliphatic rings. The smallest absolute Gasteiger partial charge is 0.406 e. The van der Waals surface area contributed by atoms with Gasteiger partial charge in [0.2, 0.25) is 0 Å². The van der Waals surface area contributed by atoms with E-state index in [1.165, 1.54) is 29.6 Å². The molecule has 0 saturated carbocycles. The largest absolute Gasteiger partial charge is 0.573 e. The topological polar surface area (TPSA) is 78.7 Å². The minimum Gasteiger partial charge on any atom is -0.406 e. The molecule has 0 spiro atoms. The van der Waals surface area contributed by atoms with Gasteiger partial charge in [-0.25, -0.2) is 4.79 Å². The van der Waals surface area contributed by atoms with E-state index >= 15 is 0 Å². The van der Waals surface area contributed by atoms with Gasteiger partial charge in [-0.05, 0) is 44.2 Å². The molecule has 26 heavy (non-hydrogen) atoms. The van der Waals surface area contributed by atoms with Gasteiger partial charge >= 0.3 is 12.3 Å². The molecule has 1 amide bonds. The van der Waals surface area contributed by atoms with Crippen LogP contribution in [0.5, 0.6) is 5.75 Å². The van der Waals surface area contributed by atoms with E-state index in [4.69, 9.17) is 5.26 Å². The van der Waals surface area contributed by atoms with Crippen molar-refractivity contribution in [3.05, 3.63) is 47.8 Å². The number of allylic oxidation sites excluding steroid dienone is 3. The number of quaternary nitrogens is 1. The lowest BCUT2D eigenvalue weighted by Gasteiger charge is -2.12. The number of rotatable bonds is 7. The van der Waals surface area contributed by atoms with Crippen molar-refractivity contribution in [3.63, 3.8) is 0 Å². The molecule has 0 bridgehead atoms. The number of amides is 1. The number of nitriles is 1. The zero-order valence-electron chi connectivity index (χ0n) is 14.7. The molecule has 0 aliphatic carbocycles. The number of benzene rings is 1. The number of halogens is 3. The monoisotopic (exact) mass is 368 g/mol. The van der Waals surface area contributed by atoms with Gasteiger partial charge in [0.1, 0.15) is 11.4 Å². The summed E-state index contributed by atoms with van der Waals surface area (Å²) < 4.78 is 40.4. The van der Waals surface area contributed by atoms with Crippen molar-refractivity contribution in [1.29, 1.82) is 5.26 Å². The van der Waals surface area contributed by atoms with Crippen LogP contribution in [0.1, 0.15) is 27.2 Å². The summed E-state index contributed by atoms with van der Waals surface area (Å²) in [5.41, 5.74) is 1.73. The molecule has 5 nitrogen and oxygen atoms in total. The van der Waals surface area contributed by atoms with Crippen molar-refractivity contribution in [3.8, 4) is 11.8 Å². The number of hydrogen-bond donors (Lipinski definition) is 2. The summed E-state index contributed by atoms with van der Waals surface area (Å²) in [5, 5.41) is 13.2. The fourth-order valence-corrected chi connectivity index (χ4v) is 1.85. The van der Waals surface area contributed by atoms with Crippen LogP contribution in [0.3, 0.4) is 0 Å². The standard InChI is InChI=1S/C18H20F3N3O2/c1-12(2)17(25)23-13(3)16(6-4-5-11-22)24-14-7-9-15(10-8-14)26-18(19,20)21/h4,6-10,12,24H,5H2,1-3H3,(H,23,25)/p+1/b6-4-,16-13-. The maximum atomic E-state index is 12.2. The number of nitrogens with zero attached hydrogens (tertiary/aromatic N) is 1. The van der Waals surface area contributed by atoms with Gasteiger partial charge in [-0.3, -0.25) is 5.32 Å². The van der Waals surface area contributed by atoms with Crippen molar-refractivity contribution in [2.24, 2.45) is 5.92 Å². The first-order chi connectivity index (χ1) is 12.1. The summed E-state index contributed by atoms with van der Waals surface area (Å²) in [6.45, 7) is 5.30. The van der Waals surface area contributed by atoms with Crippen LogP contribution in [-0.2, 0) is 4.79 Å². The van der Waals surface area contributed by atoms with E-state index < -0.39 is 6.36 Å². The van der Waals surface area contributed by atoms with Crippen molar-refractivity contribution in [2.45, 2.75) is 33.6 Å². The van der Waals surface area contributed by atoms with E-state index in [0.717, 1.165) is 0 Å². The zero-order chi connectivity index (χ0) is 19.7. The third-order valence-corrected chi connectivity index (χ3v) is 3.21. The van der Waals surface area contributed by atoms with Crippen LogP contribution in [0.15, 0.2) is 47.8 Å². The summed E-state index contributed by atoms with van der Waals surface area (Å²) in [6.07, 6.45) is -1.28. The molecule has 1 aromatic rings. The van der Waals surface area contributed by atoms with Crippen molar-refractivity contribution in [2.75, 3.05) is 5.32 Å². The fraction of sp³-hybridized carbons (Fsp3) is 0.333. The molecule has 0 atom stereocenters. The number of alkyl halides is 3. The number of nitrogens with two attached hydrogens (primary N) is 1. The number of nitrogens with one attached hydrogen (secondary N) is 1. The molecule has 3 N–H and O–H groups in total. The molecule has 0 fully saturated rings. The second-order valence-corrected chi connectivity index (χ2v) is 5.76. The lowest BCUT2D eigenvalue weighted by Crippen LogP contribution is -2.87. The van der Waals surface area contributed by atoms with E-state index in [-0.39, 0.29) is 24.0 Å². The van der Waals surface area contributed by atoms with Gasteiger partial charge < -0.3 is 10.1 Å². The average Bonchev–Trinajstić information content (AvgIpc) is 2.54. The number of carbonyl (C=O) groups is 1. The molecule has 140 valence electrons. The minimum atomic E-state index is -4.75. The molecule has 0 heterocycles. The van der Waals surface area contributed by atoms with Gasteiger partial charge in [0.05, 0.1) is 24.1 Å². The van der Waals surface area contributed by atoms with E-state index in [1.807, 2.05) is 6.07 Å². The highest BCUT2D eigenvalue weighted by atomic mass is 19.4. The molecule has 0 aromatic heterocycles. The van der Waals surface area contributed by atoms with E-state index in [1.54, 1.807) is 32.9 Å². The SMILES string of the molecule is C/C([NH2+]C(=O)C(C)C)=C(\C=C/CC#N)Nc1ccc(OC(F)(F)F)cc1. The third kappa shape index (κ3) is 7.85. The molecule has 0 unspecified atom stereocenters. The number of primary amides is 1. The first kappa shape index (κ1) is 21.3. The maximum absolute atomic E-state index is 12.2. The Morgan fingerprint density at radius 1 is 1.35 bits per heavy atom. The van der Waals surface area contributed by atoms with Gasteiger partial charge in [-0.2, -0.15) is 5.26 Å². The first-order valence-electron chi connectivity index (χ1n) is 7.88. The number of anilines is 1. The summed E-state index contributed by atoms with van der Waals surface area (Å²) >= 11 is 0. The first-order valence-corrected chi connectivity index (χ1v) is 7.88. The van der Waals surface area contributed by atoms with E-state index in [2.05, 4.69) is 10.1 Å². The lowest BCUT2D eigenvalue weighted by molar-refractivity contribution is -0.522. The molecular formula is C18H21F3N3O2+. The maximum Gasteiger partial charge on any atom is 0.573 e. The second kappa shape index (κ2) is 9.63. The summed E-state index contributed by atoms with van der Waals surface area (Å²) in [4.78, 5) is 11.9.